The maximum atomic E-state index is 9.33. The maximum Gasteiger partial charge on any atom is 0.0590 e. The van der Waals surface area contributed by atoms with E-state index in [9.17, 15) is 5.11 Å². The molecule has 0 atom stereocenters. The van der Waals surface area contributed by atoms with Crippen molar-refractivity contribution in [3.63, 3.8) is 0 Å². The predicted molar refractivity (Wildman–Crippen MR) is 57.3 cm³/mol. The van der Waals surface area contributed by atoms with Gasteiger partial charge in [-0.05, 0) is 45.1 Å². The number of hydrogen-bond donors (Lipinski definition) is 2. The Morgan fingerprint density at radius 1 is 1.29 bits per heavy atom. The fourth-order valence-corrected chi connectivity index (χ4v) is 1.94. The van der Waals surface area contributed by atoms with Gasteiger partial charge in [0.25, 0.3) is 0 Å². The van der Waals surface area contributed by atoms with E-state index in [1.54, 1.807) is 0 Å². The molecule has 1 fully saturated rings. The molecule has 0 aliphatic heterocycles. The fourth-order valence-electron chi connectivity index (χ4n) is 1.94. The van der Waals surface area contributed by atoms with E-state index in [0.717, 1.165) is 45.1 Å². The molecule has 0 aromatic rings. The molecule has 14 heavy (non-hydrogen) atoms. The summed E-state index contributed by atoms with van der Waals surface area (Å²) in [6.07, 6.45) is 4.27. The van der Waals surface area contributed by atoms with Crippen LogP contribution >= 0.6 is 0 Å². The SMILES string of the molecule is CCOCCNCC1CCC(O)CC1. The summed E-state index contributed by atoms with van der Waals surface area (Å²) in [5, 5.41) is 12.7. The minimum absolute atomic E-state index is 0.0327. The third kappa shape index (κ3) is 4.94. The largest absolute Gasteiger partial charge is 0.393 e. The van der Waals surface area contributed by atoms with Gasteiger partial charge in [0, 0.05) is 13.2 Å². The van der Waals surface area contributed by atoms with Gasteiger partial charge in [-0.3, -0.25) is 0 Å². The second kappa shape index (κ2) is 7.21. The first kappa shape index (κ1) is 12.0. The lowest BCUT2D eigenvalue weighted by molar-refractivity contribution is 0.106. The van der Waals surface area contributed by atoms with Gasteiger partial charge in [-0.2, -0.15) is 0 Å². The standard InChI is InChI=1S/C11H23NO2/c1-2-14-8-7-12-9-10-3-5-11(13)6-4-10/h10-13H,2-9H2,1H3. The quantitative estimate of drug-likeness (QED) is 0.634. The van der Waals surface area contributed by atoms with Crippen molar-refractivity contribution in [2.45, 2.75) is 38.7 Å². The highest BCUT2D eigenvalue weighted by Crippen LogP contribution is 2.23. The number of rotatable bonds is 6. The molecule has 84 valence electrons. The van der Waals surface area contributed by atoms with Gasteiger partial charge in [0.2, 0.25) is 0 Å². The Labute approximate surface area is 86.8 Å². The maximum absolute atomic E-state index is 9.33. The van der Waals surface area contributed by atoms with Crippen molar-refractivity contribution in [2.24, 2.45) is 5.92 Å². The van der Waals surface area contributed by atoms with Crippen LogP contribution in [0.2, 0.25) is 0 Å². The van der Waals surface area contributed by atoms with Crippen LogP contribution in [-0.2, 0) is 4.74 Å². The lowest BCUT2D eigenvalue weighted by atomic mass is 9.87. The zero-order chi connectivity index (χ0) is 10.2. The Morgan fingerprint density at radius 3 is 2.64 bits per heavy atom. The van der Waals surface area contributed by atoms with Crippen molar-refractivity contribution in [3.8, 4) is 0 Å². The average Bonchev–Trinajstić information content (AvgIpc) is 2.21. The van der Waals surface area contributed by atoms with Crippen molar-refractivity contribution >= 4 is 0 Å². The van der Waals surface area contributed by atoms with Gasteiger partial charge in [0.15, 0.2) is 0 Å². The molecule has 0 amide bonds. The predicted octanol–water partition coefficient (Wildman–Crippen LogP) is 1.16. The molecule has 0 unspecified atom stereocenters. The van der Waals surface area contributed by atoms with Gasteiger partial charge in [0.05, 0.1) is 12.7 Å². The van der Waals surface area contributed by atoms with Crippen LogP contribution in [0.4, 0.5) is 0 Å². The first-order valence-corrected chi connectivity index (χ1v) is 5.79. The number of ether oxygens (including phenoxy) is 1. The molecule has 0 bridgehead atoms. The van der Waals surface area contributed by atoms with Crippen LogP contribution in [0, 0.1) is 5.92 Å². The molecule has 1 saturated carbocycles. The Morgan fingerprint density at radius 2 is 2.00 bits per heavy atom. The molecule has 2 N–H and O–H groups in total. The topological polar surface area (TPSA) is 41.5 Å². The monoisotopic (exact) mass is 201 g/mol. The first-order chi connectivity index (χ1) is 6.83. The number of aliphatic hydroxyl groups is 1. The van der Waals surface area contributed by atoms with Crippen LogP contribution in [0.15, 0.2) is 0 Å². The van der Waals surface area contributed by atoms with Crippen molar-refractivity contribution in [2.75, 3.05) is 26.3 Å². The van der Waals surface area contributed by atoms with Crippen LogP contribution in [0.25, 0.3) is 0 Å². The zero-order valence-corrected chi connectivity index (χ0v) is 9.17. The molecule has 0 spiro atoms. The van der Waals surface area contributed by atoms with Crippen molar-refractivity contribution in [1.29, 1.82) is 0 Å². The molecule has 1 aliphatic carbocycles. The summed E-state index contributed by atoms with van der Waals surface area (Å²) in [5.74, 6) is 0.764. The van der Waals surface area contributed by atoms with Crippen LogP contribution < -0.4 is 5.32 Å². The van der Waals surface area contributed by atoms with Crippen molar-refractivity contribution < 1.29 is 9.84 Å². The highest BCUT2D eigenvalue weighted by Gasteiger charge is 2.18. The summed E-state index contributed by atoms with van der Waals surface area (Å²) in [6, 6.07) is 0. The summed E-state index contributed by atoms with van der Waals surface area (Å²) in [7, 11) is 0. The molecule has 0 heterocycles. The zero-order valence-electron chi connectivity index (χ0n) is 9.17. The number of aliphatic hydroxyl groups excluding tert-OH is 1. The van der Waals surface area contributed by atoms with E-state index in [4.69, 9.17) is 4.74 Å². The lowest BCUT2D eigenvalue weighted by Crippen LogP contribution is -2.30. The lowest BCUT2D eigenvalue weighted by Gasteiger charge is -2.25. The normalized spacial score (nSPS) is 27.9. The molecule has 3 heteroatoms. The molecule has 0 radical (unpaired) electrons. The van der Waals surface area contributed by atoms with Crippen LogP contribution in [-0.4, -0.2) is 37.5 Å². The van der Waals surface area contributed by atoms with Gasteiger partial charge in [0.1, 0.15) is 0 Å². The first-order valence-electron chi connectivity index (χ1n) is 5.79. The van der Waals surface area contributed by atoms with Gasteiger partial charge >= 0.3 is 0 Å². The molecule has 0 saturated heterocycles. The smallest absolute Gasteiger partial charge is 0.0590 e. The van der Waals surface area contributed by atoms with Crippen molar-refractivity contribution in [1.82, 2.24) is 5.32 Å². The van der Waals surface area contributed by atoms with E-state index in [1.165, 1.54) is 12.8 Å². The van der Waals surface area contributed by atoms with Crippen molar-refractivity contribution in [3.05, 3.63) is 0 Å². The Hall–Kier alpha value is -0.120. The van der Waals surface area contributed by atoms with E-state index >= 15 is 0 Å². The highest BCUT2D eigenvalue weighted by molar-refractivity contribution is 4.72. The Kier molecular flexibility index (Phi) is 6.15. The molecule has 0 aromatic carbocycles. The number of nitrogens with one attached hydrogen (secondary N) is 1. The second-order valence-electron chi connectivity index (χ2n) is 4.08. The summed E-state index contributed by atoms with van der Waals surface area (Å²) in [5.41, 5.74) is 0. The highest BCUT2D eigenvalue weighted by atomic mass is 16.5. The summed E-state index contributed by atoms with van der Waals surface area (Å²) in [4.78, 5) is 0. The third-order valence-electron chi connectivity index (χ3n) is 2.88. The van der Waals surface area contributed by atoms with Gasteiger partial charge < -0.3 is 15.2 Å². The van der Waals surface area contributed by atoms with E-state index in [1.807, 2.05) is 6.92 Å². The van der Waals surface area contributed by atoms with Gasteiger partial charge in [-0.25, -0.2) is 0 Å². The fraction of sp³-hybridized carbons (Fsp3) is 1.00. The summed E-state index contributed by atoms with van der Waals surface area (Å²) >= 11 is 0. The van der Waals surface area contributed by atoms with Crippen LogP contribution in [0.3, 0.4) is 0 Å². The van der Waals surface area contributed by atoms with Crippen LogP contribution in [0.5, 0.6) is 0 Å². The van der Waals surface area contributed by atoms with E-state index in [0.29, 0.717) is 0 Å². The molecule has 1 aliphatic rings. The Bertz CT molecular complexity index is 133. The molecule has 1 rings (SSSR count). The van der Waals surface area contributed by atoms with Crippen LogP contribution in [0.1, 0.15) is 32.6 Å². The van der Waals surface area contributed by atoms with Gasteiger partial charge in [-0.1, -0.05) is 0 Å². The third-order valence-corrected chi connectivity index (χ3v) is 2.88. The molecule has 3 nitrogen and oxygen atoms in total. The van der Waals surface area contributed by atoms with E-state index in [-0.39, 0.29) is 6.10 Å². The van der Waals surface area contributed by atoms with Gasteiger partial charge in [-0.15, -0.1) is 0 Å². The minimum Gasteiger partial charge on any atom is -0.393 e. The molecule has 0 aromatic heterocycles. The van der Waals surface area contributed by atoms with E-state index in [2.05, 4.69) is 5.32 Å². The summed E-state index contributed by atoms with van der Waals surface area (Å²) < 4.78 is 5.24. The molecular weight excluding hydrogens is 178 g/mol. The molecular formula is C11H23NO2. The minimum atomic E-state index is -0.0327. The number of hydrogen-bond acceptors (Lipinski definition) is 3. The van der Waals surface area contributed by atoms with E-state index < -0.39 is 0 Å². The average molecular weight is 201 g/mol. The Balaban J connectivity index is 1.91. The second-order valence-corrected chi connectivity index (χ2v) is 4.08. The summed E-state index contributed by atoms with van der Waals surface area (Å²) in [6.45, 7) is 5.67.